The summed E-state index contributed by atoms with van der Waals surface area (Å²) in [6.07, 6.45) is 3.16. The van der Waals surface area contributed by atoms with Gasteiger partial charge in [-0.15, -0.1) is 0 Å². The number of rotatable bonds is 2. The number of anilines is 2. The van der Waals surface area contributed by atoms with Crippen molar-refractivity contribution in [2.24, 2.45) is 10.3 Å². The van der Waals surface area contributed by atoms with E-state index in [0.29, 0.717) is 16.4 Å². The molecule has 2 heterocycles. The molecule has 5 rings (SSSR count). The van der Waals surface area contributed by atoms with Crippen LogP contribution in [0.4, 0.5) is 11.4 Å². The van der Waals surface area contributed by atoms with Gasteiger partial charge in [0, 0.05) is 5.02 Å². The second kappa shape index (κ2) is 5.64. The first-order valence-corrected chi connectivity index (χ1v) is 8.96. The van der Waals surface area contributed by atoms with E-state index in [0.717, 1.165) is 19.3 Å². The molecule has 2 aromatic rings. The van der Waals surface area contributed by atoms with Crippen molar-refractivity contribution in [3.05, 3.63) is 58.6 Å². The molecule has 0 saturated carbocycles. The maximum atomic E-state index is 13.1. The number of carbonyl (C=O) groups is 2. The number of nitrogens with zero attached hydrogens (tertiary/aromatic N) is 4. The van der Waals surface area contributed by atoms with Crippen molar-refractivity contribution in [3.8, 4) is 0 Å². The molecule has 26 heavy (non-hydrogen) atoms. The Balaban J connectivity index is 1.50. The van der Waals surface area contributed by atoms with Crippen LogP contribution in [0.1, 0.15) is 17.5 Å². The van der Waals surface area contributed by atoms with E-state index in [9.17, 15) is 9.59 Å². The van der Waals surface area contributed by atoms with Crippen molar-refractivity contribution >= 4 is 34.8 Å². The highest BCUT2D eigenvalue weighted by molar-refractivity contribution is 6.30. The number of imide groups is 1. The van der Waals surface area contributed by atoms with E-state index in [1.54, 1.807) is 24.3 Å². The van der Waals surface area contributed by atoms with Crippen LogP contribution < -0.4 is 9.91 Å². The van der Waals surface area contributed by atoms with Gasteiger partial charge in [0.05, 0.1) is 11.4 Å². The normalized spacial score (nSPS) is 23.7. The van der Waals surface area contributed by atoms with Gasteiger partial charge < -0.3 is 0 Å². The second-order valence-electron chi connectivity index (χ2n) is 6.73. The largest absolute Gasteiger partial charge is 0.271 e. The van der Waals surface area contributed by atoms with E-state index in [1.165, 1.54) is 21.0 Å². The molecule has 0 spiro atoms. The molecule has 1 aliphatic carbocycles. The molecule has 2 aliphatic heterocycles. The highest BCUT2D eigenvalue weighted by atomic mass is 35.5. The Labute approximate surface area is 155 Å². The van der Waals surface area contributed by atoms with Crippen LogP contribution in [0.2, 0.25) is 5.02 Å². The fourth-order valence-corrected chi connectivity index (χ4v) is 4.04. The third-order valence-electron chi connectivity index (χ3n) is 5.21. The number of fused-ring (bicyclic) bond motifs is 2. The summed E-state index contributed by atoms with van der Waals surface area (Å²) in [7, 11) is 0. The Hall–Kier alpha value is -2.73. The van der Waals surface area contributed by atoms with E-state index in [1.807, 2.05) is 18.2 Å². The summed E-state index contributed by atoms with van der Waals surface area (Å²) in [4.78, 5) is 27.2. The Morgan fingerprint density at radius 3 is 2.46 bits per heavy atom. The standard InChI is InChI=1S/C19H15ClN4O2/c20-13-5-8-14(9-6-13)24-17-16(21-22-24)18(25)23(19(17)26)15-7-4-11-2-1-3-12(11)10-15/h4-10,16-17H,1-3H2/t16-,17+/m1/s1. The minimum Gasteiger partial charge on any atom is -0.271 e. The fraction of sp³-hybridized carbons (Fsp3) is 0.263. The minimum atomic E-state index is -0.800. The predicted octanol–water partition coefficient (Wildman–Crippen LogP) is 3.33. The number of carbonyl (C=O) groups excluding carboxylic acids is 2. The van der Waals surface area contributed by atoms with Gasteiger partial charge in [-0.1, -0.05) is 22.9 Å². The van der Waals surface area contributed by atoms with Crippen LogP contribution in [0.15, 0.2) is 52.8 Å². The van der Waals surface area contributed by atoms with Gasteiger partial charge in [-0.25, -0.2) is 9.91 Å². The smallest absolute Gasteiger partial charge is 0.263 e. The fourth-order valence-electron chi connectivity index (χ4n) is 3.92. The topological polar surface area (TPSA) is 65.3 Å². The molecule has 0 aromatic heterocycles. The van der Waals surface area contributed by atoms with Crippen LogP contribution in [0.25, 0.3) is 0 Å². The summed E-state index contributed by atoms with van der Waals surface area (Å²) in [5, 5.41) is 10.2. The molecule has 7 heteroatoms. The lowest BCUT2D eigenvalue weighted by Gasteiger charge is -2.21. The monoisotopic (exact) mass is 366 g/mol. The predicted molar refractivity (Wildman–Crippen MR) is 97.3 cm³/mol. The van der Waals surface area contributed by atoms with Crippen molar-refractivity contribution in [2.45, 2.75) is 31.3 Å². The number of benzene rings is 2. The number of amides is 2. The molecule has 2 amide bonds. The summed E-state index contributed by atoms with van der Waals surface area (Å²) in [6, 6.07) is 11.3. The Morgan fingerprint density at radius 2 is 1.65 bits per heavy atom. The first-order chi connectivity index (χ1) is 12.6. The Bertz CT molecular complexity index is 957. The Morgan fingerprint density at radius 1 is 0.923 bits per heavy atom. The zero-order chi connectivity index (χ0) is 17.8. The lowest BCUT2D eigenvalue weighted by atomic mass is 10.1. The van der Waals surface area contributed by atoms with E-state index in [2.05, 4.69) is 10.3 Å². The van der Waals surface area contributed by atoms with Crippen LogP contribution in [0.3, 0.4) is 0 Å². The molecule has 0 bridgehead atoms. The molecule has 6 nitrogen and oxygen atoms in total. The Kier molecular flexibility index (Phi) is 3.37. The van der Waals surface area contributed by atoms with Crippen molar-refractivity contribution < 1.29 is 9.59 Å². The van der Waals surface area contributed by atoms with Crippen molar-refractivity contribution in [1.29, 1.82) is 0 Å². The maximum absolute atomic E-state index is 13.1. The number of halogens is 1. The first kappa shape index (κ1) is 15.5. The lowest BCUT2D eigenvalue weighted by molar-refractivity contribution is -0.121. The molecule has 0 unspecified atom stereocenters. The van der Waals surface area contributed by atoms with E-state index in [4.69, 9.17) is 11.6 Å². The highest BCUT2D eigenvalue weighted by Crippen LogP contribution is 2.36. The molecule has 2 atom stereocenters. The molecular weight excluding hydrogens is 352 g/mol. The minimum absolute atomic E-state index is 0.294. The van der Waals surface area contributed by atoms with Crippen LogP contribution in [-0.4, -0.2) is 23.9 Å². The molecule has 3 aliphatic rings. The first-order valence-electron chi connectivity index (χ1n) is 8.59. The summed E-state index contributed by atoms with van der Waals surface area (Å²) in [6.45, 7) is 0. The molecule has 0 N–H and O–H groups in total. The van der Waals surface area contributed by atoms with Gasteiger partial charge in [0.1, 0.15) is 0 Å². The second-order valence-corrected chi connectivity index (χ2v) is 7.17. The molecule has 1 fully saturated rings. The summed E-state index contributed by atoms with van der Waals surface area (Å²) < 4.78 is 0. The molecule has 130 valence electrons. The molecule has 1 saturated heterocycles. The van der Waals surface area contributed by atoms with Crippen molar-refractivity contribution in [2.75, 3.05) is 9.91 Å². The van der Waals surface area contributed by atoms with E-state index >= 15 is 0 Å². The molecular formula is C19H15ClN4O2. The SMILES string of the molecule is O=C1[C@@H]2[C@@H](N=NN2c2ccc(Cl)cc2)C(=O)N1c1ccc2c(c1)CCC2. The maximum Gasteiger partial charge on any atom is 0.263 e. The van der Waals surface area contributed by atoms with Gasteiger partial charge in [-0.05, 0) is 66.8 Å². The van der Waals surface area contributed by atoms with Crippen molar-refractivity contribution in [1.82, 2.24) is 0 Å². The van der Waals surface area contributed by atoms with Gasteiger partial charge in [-0.2, -0.15) is 5.11 Å². The number of aryl methyl sites for hydroxylation is 2. The third kappa shape index (κ3) is 2.18. The zero-order valence-corrected chi connectivity index (χ0v) is 14.6. The van der Waals surface area contributed by atoms with E-state index in [-0.39, 0.29) is 11.8 Å². The summed E-state index contributed by atoms with van der Waals surface area (Å²) in [5.74, 6) is -0.615. The average molecular weight is 367 g/mol. The number of hydrogen-bond acceptors (Lipinski definition) is 5. The van der Waals surface area contributed by atoms with Crippen LogP contribution in [-0.2, 0) is 22.4 Å². The van der Waals surface area contributed by atoms with Crippen molar-refractivity contribution in [3.63, 3.8) is 0 Å². The van der Waals surface area contributed by atoms with Gasteiger partial charge in [0.25, 0.3) is 11.8 Å². The van der Waals surface area contributed by atoms with Crippen LogP contribution in [0.5, 0.6) is 0 Å². The lowest BCUT2D eigenvalue weighted by Crippen LogP contribution is -2.39. The van der Waals surface area contributed by atoms with Crippen LogP contribution in [0, 0.1) is 0 Å². The highest BCUT2D eigenvalue weighted by Gasteiger charge is 2.55. The van der Waals surface area contributed by atoms with E-state index < -0.39 is 12.1 Å². The number of hydrogen-bond donors (Lipinski definition) is 0. The van der Waals surface area contributed by atoms with Crippen LogP contribution >= 0.6 is 11.6 Å². The summed E-state index contributed by atoms with van der Waals surface area (Å²) >= 11 is 5.93. The third-order valence-corrected chi connectivity index (χ3v) is 5.47. The van der Waals surface area contributed by atoms with Gasteiger partial charge >= 0.3 is 0 Å². The molecule has 2 aromatic carbocycles. The summed E-state index contributed by atoms with van der Waals surface area (Å²) in [5.41, 5.74) is 3.83. The molecule has 0 radical (unpaired) electrons. The quantitative estimate of drug-likeness (QED) is 0.766. The van der Waals surface area contributed by atoms with Gasteiger partial charge in [0.2, 0.25) is 0 Å². The van der Waals surface area contributed by atoms with Gasteiger partial charge in [-0.3, -0.25) is 9.59 Å². The zero-order valence-electron chi connectivity index (χ0n) is 13.8. The van der Waals surface area contributed by atoms with Gasteiger partial charge in [0.15, 0.2) is 12.1 Å². The average Bonchev–Trinajstić information content (AvgIpc) is 3.33.